The number of Topliss-reactive ketones (excluding diaryl/α,β-unsaturated/α-hetero) is 1. The maximum absolute atomic E-state index is 12.9. The van der Waals surface area contributed by atoms with E-state index in [2.05, 4.69) is 10.6 Å². The first kappa shape index (κ1) is 20.8. The van der Waals surface area contributed by atoms with E-state index < -0.39 is 17.2 Å². The van der Waals surface area contributed by atoms with Crippen LogP contribution in [-0.2, 0) is 4.79 Å². The van der Waals surface area contributed by atoms with E-state index in [0.29, 0.717) is 33.0 Å². The first-order valence-corrected chi connectivity index (χ1v) is 10.2. The van der Waals surface area contributed by atoms with E-state index >= 15 is 0 Å². The summed E-state index contributed by atoms with van der Waals surface area (Å²) in [5.41, 5.74) is 1.83. The molecule has 29 heavy (non-hydrogen) atoms. The highest BCUT2D eigenvalue weighted by Gasteiger charge is 2.29. The van der Waals surface area contributed by atoms with Crippen LogP contribution in [-0.4, -0.2) is 23.1 Å². The molecule has 3 rings (SSSR count). The summed E-state index contributed by atoms with van der Waals surface area (Å²) in [4.78, 5) is 38.9. The van der Waals surface area contributed by atoms with Gasteiger partial charge < -0.3 is 15.1 Å². The number of amides is 2. The van der Waals surface area contributed by atoms with E-state index in [0.717, 1.165) is 11.0 Å². The summed E-state index contributed by atoms with van der Waals surface area (Å²) in [5.74, 6) is -1.58. The Balaban J connectivity index is 1.83. The molecule has 0 unspecified atom stereocenters. The molecule has 0 saturated carbocycles. The lowest BCUT2D eigenvalue weighted by Gasteiger charge is -2.23. The van der Waals surface area contributed by atoms with Gasteiger partial charge in [0.15, 0.2) is 0 Å². The SMILES string of the molecule is CCC(C)(C)NC(=O)C(=O)c1sc(C)c(C(=O)Nc2ccc3occc3c2)c1C. The molecule has 0 fully saturated rings. The molecule has 2 heterocycles. The fourth-order valence-corrected chi connectivity index (χ4v) is 4.09. The highest BCUT2D eigenvalue weighted by Crippen LogP contribution is 2.29. The Morgan fingerprint density at radius 2 is 1.86 bits per heavy atom. The van der Waals surface area contributed by atoms with Gasteiger partial charge in [-0.05, 0) is 63.9 Å². The second-order valence-electron chi connectivity index (χ2n) is 7.64. The largest absolute Gasteiger partial charge is 0.464 e. The molecule has 7 heteroatoms. The van der Waals surface area contributed by atoms with Gasteiger partial charge in [-0.15, -0.1) is 11.3 Å². The van der Waals surface area contributed by atoms with Crippen LogP contribution < -0.4 is 10.6 Å². The van der Waals surface area contributed by atoms with Gasteiger partial charge in [0.25, 0.3) is 17.6 Å². The highest BCUT2D eigenvalue weighted by molar-refractivity contribution is 7.15. The summed E-state index contributed by atoms with van der Waals surface area (Å²) in [6.07, 6.45) is 2.29. The maximum atomic E-state index is 12.9. The molecule has 152 valence electrons. The van der Waals surface area contributed by atoms with E-state index in [1.807, 2.05) is 32.9 Å². The average molecular weight is 413 g/mol. The van der Waals surface area contributed by atoms with Crippen molar-refractivity contribution in [3.8, 4) is 0 Å². The number of ketones is 1. The second-order valence-corrected chi connectivity index (χ2v) is 8.86. The molecule has 0 saturated heterocycles. The van der Waals surface area contributed by atoms with Crippen LogP contribution >= 0.6 is 11.3 Å². The van der Waals surface area contributed by atoms with Crippen molar-refractivity contribution in [3.05, 3.63) is 51.4 Å². The number of anilines is 1. The minimum absolute atomic E-state index is 0.294. The van der Waals surface area contributed by atoms with E-state index in [4.69, 9.17) is 4.42 Å². The van der Waals surface area contributed by atoms with Gasteiger partial charge in [-0.1, -0.05) is 6.92 Å². The smallest absolute Gasteiger partial charge is 0.293 e. The Morgan fingerprint density at radius 1 is 1.14 bits per heavy atom. The fraction of sp³-hybridized carbons (Fsp3) is 0.318. The number of furan rings is 1. The number of hydrogen-bond acceptors (Lipinski definition) is 5. The van der Waals surface area contributed by atoms with Crippen LogP contribution in [0, 0.1) is 13.8 Å². The minimum Gasteiger partial charge on any atom is -0.464 e. The first-order valence-electron chi connectivity index (χ1n) is 9.38. The van der Waals surface area contributed by atoms with Crippen molar-refractivity contribution < 1.29 is 18.8 Å². The number of nitrogens with one attached hydrogen (secondary N) is 2. The third kappa shape index (κ3) is 4.24. The topological polar surface area (TPSA) is 88.4 Å². The number of carbonyl (C=O) groups is 3. The van der Waals surface area contributed by atoms with Crippen molar-refractivity contribution in [2.75, 3.05) is 5.32 Å². The number of benzene rings is 1. The van der Waals surface area contributed by atoms with E-state index in [1.54, 1.807) is 32.2 Å². The molecule has 2 N–H and O–H groups in total. The van der Waals surface area contributed by atoms with Gasteiger partial charge in [0, 0.05) is 21.5 Å². The predicted octanol–water partition coefficient (Wildman–Crippen LogP) is 4.85. The molecule has 3 aromatic rings. The Morgan fingerprint density at radius 3 is 2.55 bits per heavy atom. The Labute approximate surface area is 173 Å². The molecule has 0 spiro atoms. The van der Waals surface area contributed by atoms with Crippen molar-refractivity contribution in [1.29, 1.82) is 0 Å². The van der Waals surface area contributed by atoms with Crippen LogP contribution in [0.1, 0.15) is 57.7 Å². The summed E-state index contributed by atoms with van der Waals surface area (Å²) in [6.45, 7) is 9.13. The zero-order valence-corrected chi connectivity index (χ0v) is 18.0. The Hall–Kier alpha value is -2.93. The number of rotatable bonds is 6. The molecule has 6 nitrogen and oxygen atoms in total. The monoisotopic (exact) mass is 412 g/mol. The van der Waals surface area contributed by atoms with Crippen LogP contribution in [0.5, 0.6) is 0 Å². The normalized spacial score (nSPS) is 11.5. The van der Waals surface area contributed by atoms with Gasteiger partial charge in [-0.25, -0.2) is 0 Å². The van der Waals surface area contributed by atoms with Crippen molar-refractivity contribution in [2.45, 2.75) is 46.6 Å². The van der Waals surface area contributed by atoms with Crippen LogP contribution in [0.3, 0.4) is 0 Å². The van der Waals surface area contributed by atoms with Crippen molar-refractivity contribution in [1.82, 2.24) is 5.32 Å². The van der Waals surface area contributed by atoms with Gasteiger partial charge in [0.1, 0.15) is 5.58 Å². The van der Waals surface area contributed by atoms with Gasteiger partial charge >= 0.3 is 0 Å². The molecule has 0 atom stereocenters. The van der Waals surface area contributed by atoms with Crippen LogP contribution in [0.2, 0.25) is 0 Å². The lowest BCUT2D eigenvalue weighted by atomic mass is 10.0. The number of carbonyl (C=O) groups excluding carboxylic acids is 3. The third-order valence-corrected chi connectivity index (χ3v) is 6.21. The van der Waals surface area contributed by atoms with Gasteiger partial charge in [0.2, 0.25) is 0 Å². The van der Waals surface area contributed by atoms with Crippen molar-refractivity contribution in [3.63, 3.8) is 0 Å². The summed E-state index contributed by atoms with van der Waals surface area (Å²) in [5, 5.41) is 6.50. The molecule has 2 amide bonds. The van der Waals surface area contributed by atoms with E-state index in [9.17, 15) is 14.4 Å². The molecule has 2 aromatic heterocycles. The molecular weight excluding hydrogens is 388 g/mol. The predicted molar refractivity (Wildman–Crippen MR) is 115 cm³/mol. The number of hydrogen-bond donors (Lipinski definition) is 2. The lowest BCUT2D eigenvalue weighted by Crippen LogP contribution is -2.45. The Bertz CT molecular complexity index is 1110. The molecular formula is C22H24N2O4S. The minimum atomic E-state index is -0.654. The standard InChI is InChI=1S/C22H24N2O4S/c1-6-22(4,5)24-21(27)18(25)19-12(2)17(13(3)29-19)20(26)23-15-7-8-16-14(11-15)9-10-28-16/h7-11H,6H2,1-5H3,(H,23,26)(H,24,27). The van der Waals surface area contributed by atoms with Gasteiger partial charge in [-0.3, -0.25) is 14.4 Å². The fourth-order valence-electron chi connectivity index (χ4n) is 3.00. The average Bonchev–Trinajstić information content (AvgIpc) is 3.24. The van der Waals surface area contributed by atoms with Gasteiger partial charge in [-0.2, -0.15) is 0 Å². The second kappa shape index (κ2) is 7.83. The zero-order chi connectivity index (χ0) is 21.3. The molecule has 0 bridgehead atoms. The molecule has 0 aliphatic carbocycles. The highest BCUT2D eigenvalue weighted by atomic mass is 32.1. The lowest BCUT2D eigenvalue weighted by molar-refractivity contribution is -0.118. The van der Waals surface area contributed by atoms with Crippen LogP contribution in [0.15, 0.2) is 34.9 Å². The molecule has 0 aliphatic rings. The Kier molecular flexibility index (Phi) is 5.61. The van der Waals surface area contributed by atoms with Gasteiger partial charge in [0.05, 0.1) is 16.7 Å². The summed E-state index contributed by atoms with van der Waals surface area (Å²) in [6, 6.07) is 7.18. The third-order valence-electron chi connectivity index (χ3n) is 5.01. The number of fused-ring (bicyclic) bond motifs is 1. The van der Waals surface area contributed by atoms with E-state index in [-0.39, 0.29) is 5.91 Å². The van der Waals surface area contributed by atoms with Crippen LogP contribution in [0.25, 0.3) is 11.0 Å². The number of aryl methyl sites for hydroxylation is 1. The van der Waals surface area contributed by atoms with E-state index in [1.165, 1.54) is 11.3 Å². The maximum Gasteiger partial charge on any atom is 0.293 e. The summed E-state index contributed by atoms with van der Waals surface area (Å²) < 4.78 is 5.31. The summed E-state index contributed by atoms with van der Waals surface area (Å²) >= 11 is 1.17. The summed E-state index contributed by atoms with van der Waals surface area (Å²) in [7, 11) is 0. The molecule has 1 aromatic carbocycles. The first-order chi connectivity index (χ1) is 13.6. The number of thiophene rings is 1. The molecule has 0 aliphatic heterocycles. The quantitative estimate of drug-likeness (QED) is 0.447. The van der Waals surface area contributed by atoms with Crippen molar-refractivity contribution >= 4 is 45.6 Å². The van der Waals surface area contributed by atoms with Crippen molar-refractivity contribution in [2.24, 2.45) is 0 Å². The molecule has 0 radical (unpaired) electrons. The zero-order valence-electron chi connectivity index (χ0n) is 17.1. The van der Waals surface area contributed by atoms with Crippen LogP contribution in [0.4, 0.5) is 5.69 Å².